The van der Waals surface area contributed by atoms with Crippen LogP contribution in [0, 0.1) is 5.82 Å². The summed E-state index contributed by atoms with van der Waals surface area (Å²) in [6.07, 6.45) is 0.566. The molecule has 2 N–H and O–H groups in total. The van der Waals surface area contributed by atoms with E-state index in [9.17, 15) is 4.39 Å². The molecule has 1 heterocycles. The molecule has 0 radical (unpaired) electrons. The number of anilines is 1. The predicted molar refractivity (Wildman–Crippen MR) is 75.6 cm³/mol. The highest BCUT2D eigenvalue weighted by Crippen LogP contribution is 2.25. The number of halogens is 1. The standard InChI is InChI=1S/C14H17FN2S/c1-17(10-11-4-3-9-18-11)14-6-2-5-13(15)12(14)7-8-16/h2-6,9H,7-8,10,16H2,1H3. The molecular weight excluding hydrogens is 247 g/mol. The van der Waals surface area contributed by atoms with Gasteiger partial charge >= 0.3 is 0 Å². The molecule has 18 heavy (non-hydrogen) atoms. The second kappa shape index (κ2) is 5.98. The molecule has 0 aliphatic heterocycles. The van der Waals surface area contributed by atoms with Crippen molar-refractivity contribution in [1.82, 2.24) is 0 Å². The number of nitrogens with two attached hydrogens (primary N) is 1. The van der Waals surface area contributed by atoms with Crippen LogP contribution in [0.5, 0.6) is 0 Å². The molecule has 1 aromatic heterocycles. The molecule has 0 saturated carbocycles. The molecule has 2 nitrogen and oxygen atoms in total. The van der Waals surface area contributed by atoms with E-state index in [2.05, 4.69) is 16.3 Å². The molecule has 0 saturated heterocycles. The van der Waals surface area contributed by atoms with Gasteiger partial charge in [0.25, 0.3) is 0 Å². The maximum atomic E-state index is 13.8. The lowest BCUT2D eigenvalue weighted by molar-refractivity contribution is 0.608. The van der Waals surface area contributed by atoms with Crippen LogP contribution in [0.2, 0.25) is 0 Å². The van der Waals surface area contributed by atoms with Gasteiger partial charge in [0.1, 0.15) is 5.82 Å². The van der Waals surface area contributed by atoms with Gasteiger partial charge < -0.3 is 10.6 Å². The zero-order valence-electron chi connectivity index (χ0n) is 10.4. The summed E-state index contributed by atoms with van der Waals surface area (Å²) in [7, 11) is 1.98. The van der Waals surface area contributed by atoms with Gasteiger partial charge in [0.15, 0.2) is 0 Å². The zero-order valence-corrected chi connectivity index (χ0v) is 11.2. The first-order valence-electron chi connectivity index (χ1n) is 5.93. The average Bonchev–Trinajstić information content (AvgIpc) is 2.84. The molecule has 2 rings (SSSR count). The number of nitrogens with zero attached hydrogens (tertiary/aromatic N) is 1. The highest BCUT2D eigenvalue weighted by molar-refractivity contribution is 7.09. The van der Waals surface area contributed by atoms with E-state index in [4.69, 9.17) is 5.73 Å². The van der Waals surface area contributed by atoms with Gasteiger partial charge in [-0.2, -0.15) is 0 Å². The van der Waals surface area contributed by atoms with E-state index in [0.717, 1.165) is 12.2 Å². The smallest absolute Gasteiger partial charge is 0.128 e. The Balaban J connectivity index is 2.23. The zero-order chi connectivity index (χ0) is 13.0. The average molecular weight is 264 g/mol. The van der Waals surface area contributed by atoms with Crippen molar-refractivity contribution in [1.29, 1.82) is 0 Å². The van der Waals surface area contributed by atoms with Crippen LogP contribution in [0.1, 0.15) is 10.4 Å². The first kappa shape index (κ1) is 13.1. The summed E-state index contributed by atoms with van der Waals surface area (Å²) in [4.78, 5) is 3.33. The van der Waals surface area contributed by atoms with Crippen LogP contribution in [-0.2, 0) is 13.0 Å². The van der Waals surface area contributed by atoms with Crippen LogP contribution >= 0.6 is 11.3 Å². The molecule has 0 fully saturated rings. The molecule has 4 heteroatoms. The molecule has 0 atom stereocenters. The van der Waals surface area contributed by atoms with Gasteiger partial charge in [-0.3, -0.25) is 0 Å². The topological polar surface area (TPSA) is 29.3 Å². The summed E-state index contributed by atoms with van der Waals surface area (Å²) in [6, 6.07) is 9.30. The quantitative estimate of drug-likeness (QED) is 0.899. The fourth-order valence-corrected chi connectivity index (χ4v) is 2.78. The largest absolute Gasteiger partial charge is 0.369 e. The number of thiophene rings is 1. The summed E-state index contributed by atoms with van der Waals surface area (Å²) in [5.74, 6) is -0.170. The fraction of sp³-hybridized carbons (Fsp3) is 0.286. The minimum absolute atomic E-state index is 0.170. The molecule has 1 aromatic carbocycles. The van der Waals surface area contributed by atoms with Crippen molar-refractivity contribution in [2.24, 2.45) is 5.73 Å². The molecule has 0 aliphatic rings. The molecule has 0 amide bonds. The van der Waals surface area contributed by atoms with Crippen LogP contribution in [0.15, 0.2) is 35.7 Å². The lowest BCUT2D eigenvalue weighted by atomic mass is 10.1. The highest BCUT2D eigenvalue weighted by Gasteiger charge is 2.11. The molecule has 0 spiro atoms. The van der Waals surface area contributed by atoms with Crippen molar-refractivity contribution in [3.05, 3.63) is 52.0 Å². The Morgan fingerprint density at radius 3 is 2.78 bits per heavy atom. The van der Waals surface area contributed by atoms with Crippen molar-refractivity contribution < 1.29 is 4.39 Å². The molecular formula is C14H17FN2S. The Morgan fingerprint density at radius 1 is 1.28 bits per heavy atom. The van der Waals surface area contributed by atoms with Gasteiger partial charge in [0, 0.05) is 23.2 Å². The first-order valence-corrected chi connectivity index (χ1v) is 6.81. The predicted octanol–water partition coefficient (Wildman–Crippen LogP) is 3.02. The molecule has 0 bridgehead atoms. The summed E-state index contributed by atoms with van der Waals surface area (Å²) < 4.78 is 13.8. The number of hydrogen-bond donors (Lipinski definition) is 1. The Kier molecular flexibility index (Phi) is 4.33. The number of rotatable bonds is 5. The van der Waals surface area contributed by atoms with Crippen LogP contribution in [0.3, 0.4) is 0 Å². The van der Waals surface area contributed by atoms with Crippen LogP contribution < -0.4 is 10.6 Å². The van der Waals surface area contributed by atoms with Gasteiger partial charge in [-0.1, -0.05) is 12.1 Å². The SMILES string of the molecule is CN(Cc1cccs1)c1cccc(F)c1CCN. The fourth-order valence-electron chi connectivity index (χ4n) is 2.02. The third-order valence-corrected chi connectivity index (χ3v) is 3.73. The highest BCUT2D eigenvalue weighted by atomic mass is 32.1. The van der Waals surface area contributed by atoms with Crippen molar-refractivity contribution >= 4 is 17.0 Å². The minimum atomic E-state index is -0.170. The van der Waals surface area contributed by atoms with E-state index in [1.807, 2.05) is 19.2 Å². The van der Waals surface area contributed by atoms with E-state index < -0.39 is 0 Å². The maximum Gasteiger partial charge on any atom is 0.128 e. The van der Waals surface area contributed by atoms with Crippen molar-refractivity contribution in [2.75, 3.05) is 18.5 Å². The van der Waals surface area contributed by atoms with Crippen LogP contribution in [-0.4, -0.2) is 13.6 Å². The number of benzene rings is 1. The van der Waals surface area contributed by atoms with Crippen LogP contribution in [0.25, 0.3) is 0 Å². The molecule has 96 valence electrons. The Hall–Kier alpha value is -1.39. The van der Waals surface area contributed by atoms with Crippen molar-refractivity contribution in [3.63, 3.8) is 0 Å². The monoisotopic (exact) mass is 264 g/mol. The molecule has 0 unspecified atom stereocenters. The van der Waals surface area contributed by atoms with Gasteiger partial charge in [0.05, 0.1) is 6.54 Å². The third kappa shape index (κ3) is 2.89. The summed E-state index contributed by atoms with van der Waals surface area (Å²) >= 11 is 1.71. The second-order valence-corrected chi connectivity index (χ2v) is 5.24. The summed E-state index contributed by atoms with van der Waals surface area (Å²) in [6.45, 7) is 1.25. The van der Waals surface area contributed by atoms with E-state index in [0.29, 0.717) is 18.5 Å². The summed E-state index contributed by atoms with van der Waals surface area (Å²) in [5, 5.41) is 2.05. The Bertz CT molecular complexity index is 497. The van der Waals surface area contributed by atoms with Crippen molar-refractivity contribution in [3.8, 4) is 0 Å². The lowest BCUT2D eigenvalue weighted by Gasteiger charge is -2.22. The van der Waals surface area contributed by atoms with E-state index in [-0.39, 0.29) is 5.82 Å². The normalized spacial score (nSPS) is 10.6. The van der Waals surface area contributed by atoms with Crippen LogP contribution in [0.4, 0.5) is 10.1 Å². The second-order valence-electron chi connectivity index (χ2n) is 4.21. The number of hydrogen-bond acceptors (Lipinski definition) is 3. The van der Waals surface area contributed by atoms with Gasteiger partial charge in [0.2, 0.25) is 0 Å². The van der Waals surface area contributed by atoms with E-state index in [1.165, 1.54) is 10.9 Å². The first-order chi connectivity index (χ1) is 8.72. The van der Waals surface area contributed by atoms with Crippen molar-refractivity contribution in [2.45, 2.75) is 13.0 Å². The lowest BCUT2D eigenvalue weighted by Crippen LogP contribution is -2.19. The van der Waals surface area contributed by atoms with Gasteiger partial charge in [-0.05, 0) is 36.5 Å². The van der Waals surface area contributed by atoms with Gasteiger partial charge in [-0.25, -0.2) is 4.39 Å². The maximum absolute atomic E-state index is 13.8. The Morgan fingerprint density at radius 2 is 2.11 bits per heavy atom. The Labute approximate surface area is 111 Å². The minimum Gasteiger partial charge on any atom is -0.369 e. The summed E-state index contributed by atoms with van der Waals surface area (Å²) in [5.41, 5.74) is 7.18. The molecule has 2 aromatic rings. The van der Waals surface area contributed by atoms with E-state index >= 15 is 0 Å². The third-order valence-electron chi connectivity index (χ3n) is 2.87. The van der Waals surface area contributed by atoms with E-state index in [1.54, 1.807) is 17.4 Å². The molecule has 0 aliphatic carbocycles. The van der Waals surface area contributed by atoms with Gasteiger partial charge in [-0.15, -0.1) is 11.3 Å².